The predicted molar refractivity (Wildman–Crippen MR) is 118 cm³/mol. The van der Waals surface area contributed by atoms with E-state index in [0.717, 1.165) is 0 Å². The number of amides is 1. The molecule has 2 aliphatic rings. The number of nitrogens with zero attached hydrogens (tertiary/aromatic N) is 3. The summed E-state index contributed by atoms with van der Waals surface area (Å²) in [6.45, 7) is 1.24. The Bertz CT molecular complexity index is 1060. The molecule has 6 nitrogen and oxygen atoms in total. The molecule has 4 rings (SSSR count). The van der Waals surface area contributed by atoms with Gasteiger partial charge in [-0.15, -0.1) is 0 Å². The molecule has 2 fully saturated rings. The van der Waals surface area contributed by atoms with Crippen molar-refractivity contribution in [2.45, 2.75) is 42.9 Å². The SMILES string of the molecule is N#Cc1ccc(S(=O)(=O)N2CCN(C(=O)c3ccc(C4CCCCC4)cc3)CC2)cc1. The zero-order chi connectivity index (χ0) is 21.8. The quantitative estimate of drug-likeness (QED) is 0.729. The molecular weight excluding hydrogens is 410 g/mol. The third-order valence-corrected chi connectivity index (χ3v) is 8.29. The van der Waals surface area contributed by atoms with Crippen LogP contribution in [0.25, 0.3) is 0 Å². The molecule has 2 aromatic rings. The fourth-order valence-electron chi connectivity index (χ4n) is 4.50. The number of hydrogen-bond acceptors (Lipinski definition) is 4. The Morgan fingerprint density at radius 3 is 2.06 bits per heavy atom. The van der Waals surface area contributed by atoms with Gasteiger partial charge in [-0.1, -0.05) is 31.4 Å². The van der Waals surface area contributed by atoms with Crippen molar-refractivity contribution >= 4 is 15.9 Å². The van der Waals surface area contributed by atoms with Crippen LogP contribution in [0.5, 0.6) is 0 Å². The summed E-state index contributed by atoms with van der Waals surface area (Å²) in [6, 6.07) is 15.9. The Kier molecular flexibility index (Phi) is 6.40. The van der Waals surface area contributed by atoms with Gasteiger partial charge in [0.15, 0.2) is 0 Å². The third kappa shape index (κ3) is 4.65. The van der Waals surface area contributed by atoms with Gasteiger partial charge in [0.1, 0.15) is 0 Å². The maximum atomic E-state index is 12.9. The minimum atomic E-state index is -3.63. The molecule has 1 saturated carbocycles. The average Bonchev–Trinajstić information content (AvgIpc) is 2.84. The first-order valence-electron chi connectivity index (χ1n) is 10.9. The molecule has 31 heavy (non-hydrogen) atoms. The van der Waals surface area contributed by atoms with Crippen molar-refractivity contribution in [3.05, 3.63) is 65.2 Å². The van der Waals surface area contributed by atoms with Crippen LogP contribution in [0, 0.1) is 11.3 Å². The van der Waals surface area contributed by atoms with Gasteiger partial charge >= 0.3 is 0 Å². The Hall–Kier alpha value is -2.69. The molecule has 0 spiro atoms. The fraction of sp³-hybridized carbons (Fsp3) is 0.417. The molecule has 7 heteroatoms. The zero-order valence-electron chi connectivity index (χ0n) is 17.5. The molecule has 0 unspecified atom stereocenters. The van der Waals surface area contributed by atoms with Crippen LogP contribution in [0.15, 0.2) is 53.4 Å². The Labute approximate surface area is 184 Å². The Morgan fingerprint density at radius 1 is 0.871 bits per heavy atom. The van der Waals surface area contributed by atoms with Crippen LogP contribution in [-0.4, -0.2) is 49.7 Å². The monoisotopic (exact) mass is 437 g/mol. The summed E-state index contributed by atoms with van der Waals surface area (Å²) in [6.07, 6.45) is 6.33. The summed E-state index contributed by atoms with van der Waals surface area (Å²) in [5.74, 6) is 0.555. The molecule has 1 amide bonds. The highest BCUT2D eigenvalue weighted by molar-refractivity contribution is 7.89. The van der Waals surface area contributed by atoms with Gasteiger partial charge < -0.3 is 4.90 Å². The van der Waals surface area contributed by atoms with Gasteiger partial charge in [0.2, 0.25) is 10.0 Å². The van der Waals surface area contributed by atoms with Crippen LogP contribution in [0.1, 0.15) is 59.5 Å². The van der Waals surface area contributed by atoms with Crippen molar-refractivity contribution in [3.8, 4) is 6.07 Å². The lowest BCUT2D eigenvalue weighted by Gasteiger charge is -2.34. The van der Waals surface area contributed by atoms with Crippen molar-refractivity contribution in [1.29, 1.82) is 5.26 Å². The van der Waals surface area contributed by atoms with Gasteiger partial charge in [0.05, 0.1) is 16.5 Å². The number of benzene rings is 2. The summed E-state index contributed by atoms with van der Waals surface area (Å²) < 4.78 is 27.1. The number of rotatable bonds is 4. The van der Waals surface area contributed by atoms with E-state index in [9.17, 15) is 13.2 Å². The molecule has 0 N–H and O–H groups in total. The smallest absolute Gasteiger partial charge is 0.253 e. The average molecular weight is 438 g/mol. The molecule has 1 aliphatic heterocycles. The number of carbonyl (C=O) groups excluding carboxylic acids is 1. The second-order valence-electron chi connectivity index (χ2n) is 8.29. The van der Waals surface area contributed by atoms with E-state index in [1.54, 1.807) is 4.90 Å². The highest BCUT2D eigenvalue weighted by Gasteiger charge is 2.30. The van der Waals surface area contributed by atoms with Gasteiger partial charge in [-0.05, 0) is 60.7 Å². The van der Waals surface area contributed by atoms with E-state index in [4.69, 9.17) is 5.26 Å². The van der Waals surface area contributed by atoms with E-state index in [0.29, 0.717) is 30.1 Å². The van der Waals surface area contributed by atoms with E-state index in [1.165, 1.54) is 66.2 Å². The van der Waals surface area contributed by atoms with Crippen molar-refractivity contribution in [2.75, 3.05) is 26.2 Å². The van der Waals surface area contributed by atoms with Gasteiger partial charge in [-0.25, -0.2) is 8.42 Å². The second-order valence-corrected chi connectivity index (χ2v) is 10.2. The topological polar surface area (TPSA) is 81.5 Å². The van der Waals surface area contributed by atoms with Crippen molar-refractivity contribution in [3.63, 3.8) is 0 Å². The first kappa shape index (κ1) is 21.5. The summed E-state index contributed by atoms with van der Waals surface area (Å²) in [5, 5.41) is 8.89. The lowest BCUT2D eigenvalue weighted by Crippen LogP contribution is -2.50. The standard InChI is InChI=1S/C24H27N3O3S/c25-18-19-6-12-23(13-7-19)31(29,30)27-16-14-26(15-17-27)24(28)22-10-8-21(9-11-22)20-4-2-1-3-5-20/h6-13,20H,1-5,14-17H2. The number of piperazine rings is 1. The molecule has 0 radical (unpaired) electrons. The minimum Gasteiger partial charge on any atom is -0.336 e. The maximum Gasteiger partial charge on any atom is 0.253 e. The number of sulfonamides is 1. The summed E-state index contributed by atoms with van der Waals surface area (Å²) >= 11 is 0. The van der Waals surface area contributed by atoms with E-state index in [-0.39, 0.29) is 23.9 Å². The van der Waals surface area contributed by atoms with E-state index in [2.05, 4.69) is 12.1 Å². The maximum absolute atomic E-state index is 12.9. The fourth-order valence-corrected chi connectivity index (χ4v) is 5.92. The molecule has 0 bridgehead atoms. The van der Waals surface area contributed by atoms with Crippen LogP contribution in [0.4, 0.5) is 0 Å². The number of carbonyl (C=O) groups is 1. The normalized spacial score (nSPS) is 18.5. The van der Waals surface area contributed by atoms with Crippen LogP contribution in [-0.2, 0) is 10.0 Å². The van der Waals surface area contributed by atoms with E-state index < -0.39 is 10.0 Å². The van der Waals surface area contributed by atoms with Crippen LogP contribution >= 0.6 is 0 Å². The number of nitriles is 1. The number of hydrogen-bond donors (Lipinski definition) is 0. The summed E-state index contributed by atoms with van der Waals surface area (Å²) in [7, 11) is -3.63. The Balaban J connectivity index is 1.37. The lowest BCUT2D eigenvalue weighted by molar-refractivity contribution is 0.0698. The van der Waals surface area contributed by atoms with Gasteiger partial charge in [0, 0.05) is 31.7 Å². The van der Waals surface area contributed by atoms with Gasteiger partial charge in [-0.3, -0.25) is 4.79 Å². The van der Waals surface area contributed by atoms with Crippen molar-refractivity contribution in [1.82, 2.24) is 9.21 Å². The predicted octanol–water partition coefficient (Wildman–Crippen LogP) is 3.75. The largest absolute Gasteiger partial charge is 0.336 e. The zero-order valence-corrected chi connectivity index (χ0v) is 18.4. The Morgan fingerprint density at radius 2 is 1.48 bits per heavy atom. The highest BCUT2D eigenvalue weighted by Crippen LogP contribution is 2.32. The van der Waals surface area contributed by atoms with Crippen LogP contribution < -0.4 is 0 Å². The first-order valence-corrected chi connectivity index (χ1v) is 12.3. The van der Waals surface area contributed by atoms with Crippen LogP contribution in [0.3, 0.4) is 0 Å². The molecule has 1 saturated heterocycles. The van der Waals surface area contributed by atoms with Crippen LogP contribution in [0.2, 0.25) is 0 Å². The second kappa shape index (κ2) is 9.21. The third-order valence-electron chi connectivity index (χ3n) is 6.38. The minimum absolute atomic E-state index is 0.0504. The molecule has 1 heterocycles. The molecule has 0 aromatic heterocycles. The first-order chi connectivity index (χ1) is 15.0. The van der Waals surface area contributed by atoms with E-state index >= 15 is 0 Å². The molecule has 1 aliphatic carbocycles. The van der Waals surface area contributed by atoms with Crippen molar-refractivity contribution in [2.24, 2.45) is 0 Å². The highest BCUT2D eigenvalue weighted by atomic mass is 32.2. The summed E-state index contributed by atoms with van der Waals surface area (Å²) in [4.78, 5) is 14.8. The lowest BCUT2D eigenvalue weighted by atomic mass is 9.84. The molecule has 2 aromatic carbocycles. The molecular formula is C24H27N3O3S. The molecule has 0 atom stereocenters. The van der Waals surface area contributed by atoms with E-state index in [1.807, 2.05) is 18.2 Å². The van der Waals surface area contributed by atoms with Gasteiger partial charge in [-0.2, -0.15) is 9.57 Å². The molecule has 162 valence electrons. The van der Waals surface area contributed by atoms with Crippen molar-refractivity contribution < 1.29 is 13.2 Å². The van der Waals surface area contributed by atoms with Gasteiger partial charge in [0.25, 0.3) is 5.91 Å². The summed E-state index contributed by atoms with van der Waals surface area (Å²) in [5.41, 5.74) is 2.39.